The number of nitrogens with one attached hydrogen (secondary N) is 1. The van der Waals surface area contributed by atoms with E-state index < -0.39 is 0 Å². The lowest BCUT2D eigenvalue weighted by Crippen LogP contribution is -2.23. The molecule has 1 aromatic rings. The predicted molar refractivity (Wildman–Crippen MR) is 70.0 cm³/mol. The van der Waals surface area contributed by atoms with Gasteiger partial charge < -0.3 is 10.1 Å². The molecule has 1 heterocycles. The Balaban J connectivity index is 1.96. The molecule has 0 aliphatic carbocycles. The molecular weight excluding hydrogens is 220 g/mol. The summed E-state index contributed by atoms with van der Waals surface area (Å²) in [5.74, 6) is 0. The molecule has 0 saturated carbocycles. The molecule has 0 unspecified atom stereocenters. The number of ether oxygens (including phenoxy) is 1. The average Bonchev–Trinajstić information content (AvgIpc) is 2.76. The normalized spacial score (nSPS) is 11.2. The van der Waals surface area contributed by atoms with Crippen LogP contribution < -0.4 is 5.32 Å². The van der Waals surface area contributed by atoms with Crippen LogP contribution >= 0.6 is 11.3 Å². The second kappa shape index (κ2) is 8.70. The van der Waals surface area contributed by atoms with Crippen molar-refractivity contribution < 1.29 is 4.74 Å². The maximum atomic E-state index is 5.55. The first kappa shape index (κ1) is 13.6. The van der Waals surface area contributed by atoms with Crippen molar-refractivity contribution in [3.63, 3.8) is 0 Å². The van der Waals surface area contributed by atoms with Crippen molar-refractivity contribution in [3.05, 3.63) is 22.4 Å². The Labute approximate surface area is 102 Å². The summed E-state index contributed by atoms with van der Waals surface area (Å²) in [5, 5.41) is 7.43. The number of likely N-dealkylation sites (N-methyl/N-ethyl adjacent to an activating group) is 1. The smallest absolute Gasteiger partial charge is 0.0593 e. The van der Waals surface area contributed by atoms with E-state index in [4.69, 9.17) is 4.74 Å². The first-order valence-corrected chi connectivity index (χ1v) is 6.69. The monoisotopic (exact) mass is 242 g/mol. The largest absolute Gasteiger partial charge is 0.380 e. The van der Waals surface area contributed by atoms with Crippen LogP contribution in [-0.4, -0.2) is 45.3 Å². The standard InChI is InChI=1S/C12H22N2OS/c1-13-5-3-7-15-8-6-14(2)10-12-4-9-16-11-12/h4,9,11,13H,3,5-8,10H2,1-2H3. The molecule has 0 saturated heterocycles. The van der Waals surface area contributed by atoms with Crippen molar-refractivity contribution >= 4 is 11.3 Å². The summed E-state index contributed by atoms with van der Waals surface area (Å²) in [6, 6.07) is 2.18. The Bertz CT molecular complexity index is 252. The third-order valence-electron chi connectivity index (χ3n) is 2.37. The van der Waals surface area contributed by atoms with Gasteiger partial charge in [0, 0.05) is 19.7 Å². The van der Waals surface area contributed by atoms with Gasteiger partial charge in [0.25, 0.3) is 0 Å². The van der Waals surface area contributed by atoms with Gasteiger partial charge in [0.2, 0.25) is 0 Å². The van der Waals surface area contributed by atoms with Crippen LogP contribution in [-0.2, 0) is 11.3 Å². The quantitative estimate of drug-likeness (QED) is 0.668. The van der Waals surface area contributed by atoms with Gasteiger partial charge in [-0.15, -0.1) is 0 Å². The summed E-state index contributed by atoms with van der Waals surface area (Å²) < 4.78 is 5.55. The Hall–Kier alpha value is -0.420. The van der Waals surface area contributed by atoms with E-state index in [1.165, 1.54) is 5.56 Å². The zero-order valence-electron chi connectivity index (χ0n) is 10.2. The first-order valence-electron chi connectivity index (χ1n) is 5.75. The van der Waals surface area contributed by atoms with Gasteiger partial charge in [0.1, 0.15) is 0 Å². The topological polar surface area (TPSA) is 24.5 Å². The number of hydrogen-bond donors (Lipinski definition) is 1. The van der Waals surface area contributed by atoms with Crippen molar-refractivity contribution in [2.45, 2.75) is 13.0 Å². The molecule has 16 heavy (non-hydrogen) atoms. The van der Waals surface area contributed by atoms with Crippen LogP contribution in [0, 0.1) is 0 Å². The third kappa shape index (κ3) is 6.23. The number of nitrogens with zero attached hydrogens (tertiary/aromatic N) is 1. The van der Waals surface area contributed by atoms with Crippen molar-refractivity contribution in [1.82, 2.24) is 10.2 Å². The minimum Gasteiger partial charge on any atom is -0.380 e. The molecule has 0 radical (unpaired) electrons. The predicted octanol–water partition coefficient (Wildman–Crippen LogP) is 1.81. The van der Waals surface area contributed by atoms with Crippen LogP contribution in [0.4, 0.5) is 0 Å². The number of hydrogen-bond acceptors (Lipinski definition) is 4. The molecule has 4 heteroatoms. The Morgan fingerprint density at radius 1 is 1.44 bits per heavy atom. The molecule has 1 aromatic heterocycles. The van der Waals surface area contributed by atoms with E-state index in [1.54, 1.807) is 11.3 Å². The molecule has 0 aromatic carbocycles. The second-order valence-corrected chi connectivity index (χ2v) is 4.72. The maximum absolute atomic E-state index is 5.55. The van der Waals surface area contributed by atoms with Crippen molar-refractivity contribution in [3.8, 4) is 0 Å². The van der Waals surface area contributed by atoms with Crippen molar-refractivity contribution in [2.75, 3.05) is 40.4 Å². The Morgan fingerprint density at radius 2 is 2.31 bits per heavy atom. The van der Waals surface area contributed by atoms with Gasteiger partial charge in [-0.05, 0) is 49.5 Å². The van der Waals surface area contributed by atoms with E-state index in [1.807, 2.05) is 7.05 Å². The van der Waals surface area contributed by atoms with Crippen LogP contribution in [0.15, 0.2) is 16.8 Å². The molecule has 92 valence electrons. The SMILES string of the molecule is CNCCCOCCN(C)Cc1ccsc1. The second-order valence-electron chi connectivity index (χ2n) is 3.94. The Kier molecular flexibility index (Phi) is 7.42. The van der Waals surface area contributed by atoms with Gasteiger partial charge in [-0.2, -0.15) is 11.3 Å². The third-order valence-corrected chi connectivity index (χ3v) is 3.10. The highest BCUT2D eigenvalue weighted by atomic mass is 32.1. The zero-order valence-corrected chi connectivity index (χ0v) is 11.1. The molecule has 0 amide bonds. The molecule has 0 aliphatic heterocycles. The zero-order chi connectivity index (χ0) is 11.6. The fourth-order valence-electron chi connectivity index (χ4n) is 1.45. The molecule has 0 atom stereocenters. The lowest BCUT2D eigenvalue weighted by molar-refractivity contribution is 0.108. The number of thiophene rings is 1. The van der Waals surface area contributed by atoms with Crippen LogP contribution in [0.5, 0.6) is 0 Å². The van der Waals surface area contributed by atoms with Crippen LogP contribution in [0.3, 0.4) is 0 Å². The minimum atomic E-state index is 0.824. The molecule has 0 aliphatic rings. The number of rotatable bonds is 9. The van der Waals surface area contributed by atoms with E-state index in [-0.39, 0.29) is 0 Å². The lowest BCUT2D eigenvalue weighted by Gasteiger charge is -2.15. The van der Waals surface area contributed by atoms with Crippen LogP contribution in [0.25, 0.3) is 0 Å². The summed E-state index contributed by atoms with van der Waals surface area (Å²) in [5.41, 5.74) is 1.39. The summed E-state index contributed by atoms with van der Waals surface area (Å²) in [6.45, 7) is 4.72. The van der Waals surface area contributed by atoms with E-state index >= 15 is 0 Å². The van der Waals surface area contributed by atoms with E-state index in [0.29, 0.717) is 0 Å². The molecule has 3 nitrogen and oxygen atoms in total. The van der Waals surface area contributed by atoms with Crippen molar-refractivity contribution in [2.24, 2.45) is 0 Å². The lowest BCUT2D eigenvalue weighted by atomic mass is 10.3. The van der Waals surface area contributed by atoms with E-state index in [2.05, 4.69) is 34.1 Å². The van der Waals surface area contributed by atoms with Gasteiger partial charge in [-0.1, -0.05) is 0 Å². The summed E-state index contributed by atoms with van der Waals surface area (Å²) in [4.78, 5) is 2.29. The highest BCUT2D eigenvalue weighted by molar-refractivity contribution is 7.07. The van der Waals surface area contributed by atoms with Gasteiger partial charge in [-0.3, -0.25) is 4.90 Å². The summed E-state index contributed by atoms with van der Waals surface area (Å²) in [6.07, 6.45) is 1.09. The molecule has 0 bridgehead atoms. The molecular formula is C12H22N2OS. The first-order chi connectivity index (χ1) is 7.83. The maximum Gasteiger partial charge on any atom is 0.0593 e. The summed E-state index contributed by atoms with van der Waals surface area (Å²) >= 11 is 1.75. The van der Waals surface area contributed by atoms with Crippen molar-refractivity contribution in [1.29, 1.82) is 0 Å². The molecule has 0 fully saturated rings. The van der Waals surface area contributed by atoms with Gasteiger partial charge in [0.15, 0.2) is 0 Å². The molecule has 1 N–H and O–H groups in total. The van der Waals surface area contributed by atoms with Gasteiger partial charge in [-0.25, -0.2) is 0 Å². The molecule has 1 rings (SSSR count). The summed E-state index contributed by atoms with van der Waals surface area (Å²) in [7, 11) is 4.10. The van der Waals surface area contributed by atoms with E-state index in [9.17, 15) is 0 Å². The van der Waals surface area contributed by atoms with E-state index in [0.717, 1.165) is 39.3 Å². The fourth-order valence-corrected chi connectivity index (χ4v) is 2.11. The fraction of sp³-hybridized carbons (Fsp3) is 0.667. The van der Waals surface area contributed by atoms with Crippen LogP contribution in [0.2, 0.25) is 0 Å². The minimum absolute atomic E-state index is 0.824. The Morgan fingerprint density at radius 3 is 3.00 bits per heavy atom. The average molecular weight is 242 g/mol. The molecule has 0 spiro atoms. The highest BCUT2D eigenvalue weighted by Gasteiger charge is 2.00. The highest BCUT2D eigenvalue weighted by Crippen LogP contribution is 2.07. The van der Waals surface area contributed by atoms with Gasteiger partial charge >= 0.3 is 0 Å². The van der Waals surface area contributed by atoms with Crippen LogP contribution in [0.1, 0.15) is 12.0 Å². The van der Waals surface area contributed by atoms with Gasteiger partial charge in [0.05, 0.1) is 6.61 Å².